The summed E-state index contributed by atoms with van der Waals surface area (Å²) < 4.78 is 27.5. The van der Waals surface area contributed by atoms with E-state index in [2.05, 4.69) is 57.8 Å². The van der Waals surface area contributed by atoms with Crippen LogP contribution in [0.3, 0.4) is 0 Å². The van der Waals surface area contributed by atoms with Crippen LogP contribution in [0.1, 0.15) is 38.3 Å². The molecular formula is C21H36N4O3S. The molecule has 164 valence electrons. The molecule has 0 spiro atoms. The van der Waals surface area contributed by atoms with Crippen LogP contribution in [0.15, 0.2) is 35.3 Å². The van der Waals surface area contributed by atoms with E-state index < -0.39 is 9.84 Å². The topological polar surface area (TPSA) is 83.0 Å². The van der Waals surface area contributed by atoms with Crippen LogP contribution in [0.25, 0.3) is 0 Å². The first kappa shape index (κ1) is 23.6. The maximum atomic E-state index is 11.1. The molecule has 2 N–H and O–H groups in total. The van der Waals surface area contributed by atoms with Gasteiger partial charge in [-0.3, -0.25) is 9.89 Å². The lowest BCUT2D eigenvalue weighted by molar-refractivity contribution is 0.155. The Morgan fingerprint density at radius 1 is 1.24 bits per heavy atom. The summed E-state index contributed by atoms with van der Waals surface area (Å²) in [5.41, 5.74) is 1.37. The van der Waals surface area contributed by atoms with Crippen LogP contribution in [0.5, 0.6) is 0 Å². The van der Waals surface area contributed by atoms with E-state index in [-0.39, 0.29) is 12.4 Å². The molecule has 0 aromatic heterocycles. The number of hydrogen-bond donors (Lipinski definition) is 2. The third-order valence-corrected chi connectivity index (χ3v) is 6.06. The molecule has 1 fully saturated rings. The monoisotopic (exact) mass is 424 g/mol. The Morgan fingerprint density at radius 3 is 2.55 bits per heavy atom. The first-order chi connectivity index (χ1) is 13.9. The third kappa shape index (κ3) is 9.14. The molecule has 0 saturated carbocycles. The zero-order valence-corrected chi connectivity index (χ0v) is 18.7. The zero-order chi connectivity index (χ0) is 21.1. The standard InChI is InChI=1S/C21H36N4O3S/c1-4-22-21(23-12-15-28-16-17-29(3,26)27)24-20-10-13-25(14-11-20)18(2)19-8-6-5-7-9-19/h5-9,18,20H,4,10-17H2,1-3H3,(H2,22,23,24). The Bertz CT molecular complexity index is 717. The van der Waals surface area contributed by atoms with Crippen molar-refractivity contribution in [2.45, 2.75) is 38.8 Å². The van der Waals surface area contributed by atoms with Crippen LogP contribution in [-0.4, -0.2) is 76.7 Å². The van der Waals surface area contributed by atoms with Crippen LogP contribution in [0.2, 0.25) is 0 Å². The smallest absolute Gasteiger partial charge is 0.191 e. The molecule has 1 aliphatic heterocycles. The fourth-order valence-electron chi connectivity index (χ4n) is 3.42. The van der Waals surface area contributed by atoms with E-state index in [0.29, 0.717) is 25.2 Å². The molecule has 1 heterocycles. The van der Waals surface area contributed by atoms with Gasteiger partial charge >= 0.3 is 0 Å². The predicted octanol–water partition coefficient (Wildman–Crippen LogP) is 1.83. The second-order valence-corrected chi connectivity index (χ2v) is 9.80. The summed E-state index contributed by atoms with van der Waals surface area (Å²) >= 11 is 0. The van der Waals surface area contributed by atoms with Gasteiger partial charge in [-0.05, 0) is 32.3 Å². The maximum absolute atomic E-state index is 11.1. The Labute approximate surface area is 175 Å². The zero-order valence-electron chi connectivity index (χ0n) is 17.9. The minimum absolute atomic E-state index is 0.0506. The number of ether oxygens (including phenoxy) is 1. The van der Waals surface area contributed by atoms with Gasteiger partial charge in [0, 0.05) is 38.0 Å². The summed E-state index contributed by atoms with van der Waals surface area (Å²) in [4.78, 5) is 7.08. The molecule has 1 saturated heterocycles. The molecule has 0 aliphatic carbocycles. The lowest BCUT2D eigenvalue weighted by atomic mass is 10.0. The van der Waals surface area contributed by atoms with E-state index in [1.54, 1.807) is 0 Å². The minimum Gasteiger partial charge on any atom is -0.378 e. The van der Waals surface area contributed by atoms with Crippen LogP contribution < -0.4 is 10.6 Å². The summed E-state index contributed by atoms with van der Waals surface area (Å²) in [6, 6.07) is 11.5. The summed E-state index contributed by atoms with van der Waals surface area (Å²) in [6.07, 6.45) is 3.37. The molecule has 29 heavy (non-hydrogen) atoms. The molecule has 7 nitrogen and oxygen atoms in total. The van der Waals surface area contributed by atoms with Crippen molar-refractivity contribution in [2.75, 3.05) is 51.4 Å². The second kappa shape index (κ2) is 12.1. The van der Waals surface area contributed by atoms with Gasteiger partial charge in [0.1, 0.15) is 9.84 Å². The van der Waals surface area contributed by atoms with E-state index in [1.807, 2.05) is 6.92 Å². The Morgan fingerprint density at radius 2 is 1.93 bits per heavy atom. The molecule has 2 rings (SSSR count). The Hall–Kier alpha value is -1.64. The Balaban J connectivity index is 1.74. The second-order valence-electron chi connectivity index (χ2n) is 7.54. The van der Waals surface area contributed by atoms with Gasteiger partial charge in [-0.25, -0.2) is 8.42 Å². The summed E-state index contributed by atoms with van der Waals surface area (Å²) in [6.45, 7) is 8.37. The number of nitrogens with one attached hydrogen (secondary N) is 2. The highest BCUT2D eigenvalue weighted by atomic mass is 32.2. The molecular weight excluding hydrogens is 388 g/mol. The highest BCUT2D eigenvalue weighted by Gasteiger charge is 2.23. The van der Waals surface area contributed by atoms with Crippen LogP contribution in [-0.2, 0) is 14.6 Å². The number of piperidine rings is 1. The van der Waals surface area contributed by atoms with Gasteiger partial charge in [0.25, 0.3) is 0 Å². The molecule has 8 heteroatoms. The molecule has 1 aromatic carbocycles. The van der Waals surface area contributed by atoms with Crippen LogP contribution in [0, 0.1) is 0 Å². The van der Waals surface area contributed by atoms with Gasteiger partial charge in [-0.1, -0.05) is 30.3 Å². The molecule has 1 atom stereocenters. The van der Waals surface area contributed by atoms with E-state index >= 15 is 0 Å². The van der Waals surface area contributed by atoms with Crippen molar-refractivity contribution in [2.24, 2.45) is 4.99 Å². The molecule has 0 amide bonds. The summed E-state index contributed by atoms with van der Waals surface area (Å²) in [5.74, 6) is 0.850. The fourth-order valence-corrected chi connectivity index (χ4v) is 3.84. The fraction of sp³-hybridized carbons (Fsp3) is 0.667. The SMILES string of the molecule is CCNC(=NCCOCCS(C)(=O)=O)NC1CCN(C(C)c2ccccc2)CC1. The number of hydrogen-bond acceptors (Lipinski definition) is 5. The van der Waals surface area contributed by atoms with Crippen LogP contribution >= 0.6 is 0 Å². The predicted molar refractivity (Wildman–Crippen MR) is 119 cm³/mol. The Kier molecular flexibility index (Phi) is 9.90. The number of aliphatic imine (C=N–C) groups is 1. The van der Waals surface area contributed by atoms with Crippen molar-refractivity contribution in [3.05, 3.63) is 35.9 Å². The average Bonchev–Trinajstić information content (AvgIpc) is 2.70. The summed E-state index contributed by atoms with van der Waals surface area (Å²) in [5, 5.41) is 6.81. The van der Waals surface area contributed by atoms with E-state index in [0.717, 1.165) is 38.4 Å². The van der Waals surface area contributed by atoms with Gasteiger partial charge in [-0.2, -0.15) is 0 Å². The number of likely N-dealkylation sites (tertiary alicyclic amines) is 1. The molecule has 1 aliphatic rings. The van der Waals surface area contributed by atoms with Crippen molar-refractivity contribution < 1.29 is 13.2 Å². The normalized spacial score (nSPS) is 17.8. The van der Waals surface area contributed by atoms with Crippen molar-refractivity contribution in [1.29, 1.82) is 0 Å². The molecule has 1 aromatic rings. The number of benzene rings is 1. The van der Waals surface area contributed by atoms with Gasteiger partial charge in [0.2, 0.25) is 0 Å². The van der Waals surface area contributed by atoms with E-state index in [9.17, 15) is 8.42 Å². The molecule has 1 unspecified atom stereocenters. The number of rotatable bonds is 10. The number of sulfone groups is 1. The van der Waals surface area contributed by atoms with Gasteiger partial charge in [0.15, 0.2) is 5.96 Å². The largest absolute Gasteiger partial charge is 0.378 e. The first-order valence-electron chi connectivity index (χ1n) is 10.5. The van der Waals surface area contributed by atoms with Gasteiger partial charge in [-0.15, -0.1) is 0 Å². The van der Waals surface area contributed by atoms with Crippen molar-refractivity contribution in [3.63, 3.8) is 0 Å². The minimum atomic E-state index is -2.97. The van der Waals surface area contributed by atoms with Crippen molar-refractivity contribution >= 4 is 15.8 Å². The van der Waals surface area contributed by atoms with E-state index in [1.165, 1.54) is 11.8 Å². The molecule has 0 bridgehead atoms. The van der Waals surface area contributed by atoms with Crippen molar-refractivity contribution in [3.8, 4) is 0 Å². The van der Waals surface area contributed by atoms with Gasteiger partial charge < -0.3 is 15.4 Å². The highest BCUT2D eigenvalue weighted by molar-refractivity contribution is 7.90. The lowest BCUT2D eigenvalue weighted by Gasteiger charge is -2.37. The summed E-state index contributed by atoms with van der Waals surface area (Å²) in [7, 11) is -2.97. The maximum Gasteiger partial charge on any atom is 0.191 e. The number of guanidine groups is 1. The first-order valence-corrected chi connectivity index (χ1v) is 12.5. The molecule has 0 radical (unpaired) electrons. The lowest BCUT2D eigenvalue weighted by Crippen LogP contribution is -2.49. The number of nitrogens with zero attached hydrogens (tertiary/aromatic N) is 2. The van der Waals surface area contributed by atoms with Gasteiger partial charge in [0.05, 0.1) is 25.5 Å². The average molecular weight is 425 g/mol. The third-order valence-electron chi connectivity index (χ3n) is 5.15. The van der Waals surface area contributed by atoms with E-state index in [4.69, 9.17) is 4.74 Å². The quantitative estimate of drug-likeness (QED) is 0.339. The van der Waals surface area contributed by atoms with Crippen molar-refractivity contribution in [1.82, 2.24) is 15.5 Å². The van der Waals surface area contributed by atoms with Crippen LogP contribution in [0.4, 0.5) is 0 Å². The highest BCUT2D eigenvalue weighted by Crippen LogP contribution is 2.23.